The number of ether oxygens (including phenoxy) is 1. The Hall–Kier alpha value is -0.810. The summed E-state index contributed by atoms with van der Waals surface area (Å²) >= 11 is 6.17. The quantitative estimate of drug-likeness (QED) is 0.829. The predicted molar refractivity (Wildman–Crippen MR) is 75.2 cm³/mol. The van der Waals surface area contributed by atoms with Crippen LogP contribution in [0.25, 0.3) is 0 Å². The first kappa shape index (κ1) is 15.2. The van der Waals surface area contributed by atoms with Crippen molar-refractivity contribution in [3.05, 3.63) is 28.8 Å². The smallest absolute Gasteiger partial charge is 0.0947 e. The van der Waals surface area contributed by atoms with Gasteiger partial charge in [-0.25, -0.2) is 0 Å². The Morgan fingerprint density at radius 1 is 1.50 bits per heavy atom. The largest absolute Gasteiger partial charge is 0.389 e. The Kier molecular flexibility index (Phi) is 5.88. The molecule has 5 heteroatoms. The Labute approximate surface area is 113 Å². The number of nitrogens with two attached hydrogens (primary N) is 1. The van der Waals surface area contributed by atoms with Crippen molar-refractivity contribution in [1.82, 2.24) is 0 Å². The summed E-state index contributed by atoms with van der Waals surface area (Å²) < 4.78 is 4.90. The highest BCUT2D eigenvalue weighted by Crippen LogP contribution is 2.26. The van der Waals surface area contributed by atoms with E-state index in [2.05, 4.69) is 0 Å². The van der Waals surface area contributed by atoms with E-state index in [4.69, 9.17) is 22.1 Å². The second-order valence-electron chi connectivity index (χ2n) is 4.48. The van der Waals surface area contributed by atoms with Crippen molar-refractivity contribution in [2.24, 2.45) is 5.73 Å². The van der Waals surface area contributed by atoms with Crippen molar-refractivity contribution in [3.8, 4) is 0 Å². The van der Waals surface area contributed by atoms with Crippen molar-refractivity contribution in [2.45, 2.75) is 19.1 Å². The number of likely N-dealkylation sites (N-methyl/N-ethyl adjacent to an activating group) is 1. The molecule has 0 aliphatic rings. The van der Waals surface area contributed by atoms with Crippen LogP contribution in [0.4, 0.5) is 5.69 Å². The maximum absolute atomic E-state index is 9.67. The Bertz CT molecular complexity index is 385. The maximum Gasteiger partial charge on any atom is 0.0947 e. The molecule has 0 aliphatic heterocycles. The SMILES string of the molecule is COCC(O)CN(C)c1ccc(C(C)N)c(Cl)c1. The number of aliphatic hydroxyl groups is 1. The second kappa shape index (κ2) is 6.95. The molecule has 0 amide bonds. The van der Waals surface area contributed by atoms with Crippen LogP contribution < -0.4 is 10.6 Å². The highest BCUT2D eigenvalue weighted by atomic mass is 35.5. The zero-order valence-electron chi connectivity index (χ0n) is 11.1. The van der Waals surface area contributed by atoms with Gasteiger partial charge in [-0.05, 0) is 24.6 Å². The van der Waals surface area contributed by atoms with Crippen LogP contribution in [0.5, 0.6) is 0 Å². The average molecular weight is 273 g/mol. The van der Waals surface area contributed by atoms with Crippen LogP contribution in [0.2, 0.25) is 5.02 Å². The summed E-state index contributed by atoms with van der Waals surface area (Å²) in [5, 5.41) is 10.3. The van der Waals surface area contributed by atoms with E-state index in [1.807, 2.05) is 37.1 Å². The molecule has 0 fully saturated rings. The lowest BCUT2D eigenvalue weighted by Gasteiger charge is -2.23. The van der Waals surface area contributed by atoms with Gasteiger partial charge in [-0.1, -0.05) is 17.7 Å². The summed E-state index contributed by atoms with van der Waals surface area (Å²) in [6.07, 6.45) is -0.521. The third-order valence-electron chi connectivity index (χ3n) is 2.76. The van der Waals surface area contributed by atoms with Gasteiger partial charge in [0, 0.05) is 37.5 Å². The maximum atomic E-state index is 9.67. The molecule has 1 rings (SSSR count). The van der Waals surface area contributed by atoms with Gasteiger partial charge in [0.25, 0.3) is 0 Å². The summed E-state index contributed by atoms with van der Waals surface area (Å²) in [5.74, 6) is 0. The molecule has 0 saturated carbocycles. The molecule has 0 aromatic heterocycles. The molecule has 0 spiro atoms. The van der Waals surface area contributed by atoms with E-state index in [9.17, 15) is 5.11 Å². The third-order valence-corrected chi connectivity index (χ3v) is 3.09. The molecule has 1 aromatic carbocycles. The van der Waals surface area contributed by atoms with Gasteiger partial charge in [0.05, 0.1) is 12.7 Å². The zero-order chi connectivity index (χ0) is 13.7. The average Bonchev–Trinajstić information content (AvgIpc) is 2.28. The number of hydrogen-bond acceptors (Lipinski definition) is 4. The lowest BCUT2D eigenvalue weighted by Crippen LogP contribution is -2.31. The van der Waals surface area contributed by atoms with E-state index >= 15 is 0 Å². The van der Waals surface area contributed by atoms with Gasteiger partial charge >= 0.3 is 0 Å². The van der Waals surface area contributed by atoms with Gasteiger partial charge in [-0.3, -0.25) is 0 Å². The summed E-state index contributed by atoms with van der Waals surface area (Å²) in [4.78, 5) is 1.93. The third kappa shape index (κ3) is 4.14. The number of halogens is 1. The Morgan fingerprint density at radius 2 is 2.17 bits per heavy atom. The molecular weight excluding hydrogens is 252 g/mol. The molecule has 0 saturated heterocycles. The number of methoxy groups -OCH3 is 1. The van der Waals surface area contributed by atoms with Crippen LogP contribution in [0.3, 0.4) is 0 Å². The molecule has 4 nitrogen and oxygen atoms in total. The molecule has 18 heavy (non-hydrogen) atoms. The molecule has 0 heterocycles. The van der Waals surface area contributed by atoms with Crippen molar-refractivity contribution >= 4 is 17.3 Å². The minimum absolute atomic E-state index is 0.0871. The molecular formula is C13H21ClN2O2. The Morgan fingerprint density at radius 3 is 2.67 bits per heavy atom. The van der Waals surface area contributed by atoms with E-state index in [-0.39, 0.29) is 6.04 Å². The summed E-state index contributed by atoms with van der Waals surface area (Å²) in [6, 6.07) is 5.64. The molecule has 2 unspecified atom stereocenters. The van der Waals surface area contributed by atoms with Gasteiger partial charge < -0.3 is 20.5 Å². The fraction of sp³-hybridized carbons (Fsp3) is 0.538. The minimum Gasteiger partial charge on any atom is -0.389 e. The van der Waals surface area contributed by atoms with E-state index in [0.717, 1.165) is 11.3 Å². The molecule has 0 radical (unpaired) electrons. The fourth-order valence-electron chi connectivity index (χ4n) is 1.79. The molecule has 3 N–H and O–H groups in total. The number of aliphatic hydroxyl groups excluding tert-OH is 1. The molecule has 0 aliphatic carbocycles. The Balaban J connectivity index is 2.75. The number of rotatable bonds is 6. The minimum atomic E-state index is -0.521. The van der Waals surface area contributed by atoms with Crippen LogP contribution in [-0.2, 0) is 4.74 Å². The van der Waals surface area contributed by atoms with Gasteiger partial charge in [0.2, 0.25) is 0 Å². The second-order valence-corrected chi connectivity index (χ2v) is 4.89. The highest BCUT2D eigenvalue weighted by molar-refractivity contribution is 6.31. The zero-order valence-corrected chi connectivity index (χ0v) is 11.8. The van der Waals surface area contributed by atoms with Crippen LogP contribution in [0.15, 0.2) is 18.2 Å². The lowest BCUT2D eigenvalue weighted by atomic mass is 10.1. The van der Waals surface area contributed by atoms with E-state index in [0.29, 0.717) is 18.2 Å². The van der Waals surface area contributed by atoms with E-state index in [1.54, 1.807) is 7.11 Å². The number of benzene rings is 1. The topological polar surface area (TPSA) is 58.7 Å². The first-order chi connectivity index (χ1) is 8.45. The monoisotopic (exact) mass is 272 g/mol. The number of anilines is 1. The molecule has 1 aromatic rings. The standard InChI is InChI=1S/C13H21ClN2O2/c1-9(15)12-5-4-10(6-13(12)14)16(2)7-11(17)8-18-3/h4-6,9,11,17H,7-8,15H2,1-3H3. The van der Waals surface area contributed by atoms with Gasteiger partial charge in [-0.2, -0.15) is 0 Å². The van der Waals surface area contributed by atoms with Gasteiger partial charge in [0.15, 0.2) is 0 Å². The normalized spacial score (nSPS) is 14.3. The van der Waals surface area contributed by atoms with Crippen LogP contribution in [0, 0.1) is 0 Å². The summed E-state index contributed by atoms with van der Waals surface area (Å²) in [7, 11) is 3.47. The molecule has 0 bridgehead atoms. The van der Waals surface area contributed by atoms with Crippen molar-refractivity contribution in [1.29, 1.82) is 0 Å². The highest BCUT2D eigenvalue weighted by Gasteiger charge is 2.11. The predicted octanol–water partition coefficient (Wildman–Crippen LogP) is 1.80. The first-order valence-electron chi connectivity index (χ1n) is 5.89. The van der Waals surface area contributed by atoms with Crippen LogP contribution in [0.1, 0.15) is 18.5 Å². The van der Waals surface area contributed by atoms with E-state index in [1.165, 1.54) is 0 Å². The lowest BCUT2D eigenvalue weighted by molar-refractivity contribution is 0.0695. The van der Waals surface area contributed by atoms with E-state index < -0.39 is 6.10 Å². The van der Waals surface area contributed by atoms with Crippen LogP contribution >= 0.6 is 11.6 Å². The summed E-state index contributed by atoms with van der Waals surface area (Å²) in [5.41, 5.74) is 7.67. The first-order valence-corrected chi connectivity index (χ1v) is 6.26. The fourth-order valence-corrected chi connectivity index (χ4v) is 2.14. The number of hydrogen-bond donors (Lipinski definition) is 2. The molecule has 2 atom stereocenters. The number of nitrogens with zero attached hydrogens (tertiary/aromatic N) is 1. The van der Waals surface area contributed by atoms with Gasteiger partial charge in [0.1, 0.15) is 0 Å². The van der Waals surface area contributed by atoms with Crippen LogP contribution in [-0.4, -0.2) is 38.5 Å². The summed E-state index contributed by atoms with van der Waals surface area (Å²) in [6.45, 7) is 2.70. The van der Waals surface area contributed by atoms with Crippen molar-refractivity contribution in [3.63, 3.8) is 0 Å². The van der Waals surface area contributed by atoms with Crippen molar-refractivity contribution < 1.29 is 9.84 Å². The molecule has 102 valence electrons. The van der Waals surface area contributed by atoms with Gasteiger partial charge in [-0.15, -0.1) is 0 Å². The van der Waals surface area contributed by atoms with Crippen molar-refractivity contribution in [2.75, 3.05) is 32.2 Å².